The van der Waals surface area contributed by atoms with Gasteiger partial charge in [-0.05, 0) is 24.6 Å². The number of sulfonamides is 1. The molecule has 0 spiro atoms. The number of anilines is 2. The fraction of sp³-hybridized carbons (Fsp3) is 0.455. The quantitative estimate of drug-likeness (QED) is 0.927. The lowest BCUT2D eigenvalue weighted by Crippen LogP contribution is -2.30. The van der Waals surface area contributed by atoms with Gasteiger partial charge in [-0.1, -0.05) is 0 Å². The van der Waals surface area contributed by atoms with Crippen molar-refractivity contribution < 1.29 is 26.3 Å². The number of hydrogen-bond donors (Lipinski definition) is 1. The maximum atomic E-state index is 12.4. The Balaban J connectivity index is 3.31. The smallest absolute Gasteiger partial charge is 0.495 e. The summed E-state index contributed by atoms with van der Waals surface area (Å²) in [6, 6.07) is 2.75. The van der Waals surface area contributed by atoms with E-state index in [4.69, 9.17) is 4.74 Å². The zero-order chi connectivity index (χ0) is 15.7. The highest BCUT2D eigenvalue weighted by Gasteiger charge is 2.46. The van der Waals surface area contributed by atoms with E-state index in [9.17, 15) is 21.6 Å². The number of nitrogens with zero attached hydrogens (tertiary/aromatic N) is 1. The van der Waals surface area contributed by atoms with Gasteiger partial charge in [-0.2, -0.15) is 21.6 Å². The van der Waals surface area contributed by atoms with E-state index in [1.54, 1.807) is 19.0 Å². The van der Waals surface area contributed by atoms with Crippen LogP contribution in [-0.4, -0.2) is 35.1 Å². The van der Waals surface area contributed by atoms with Gasteiger partial charge >= 0.3 is 15.5 Å². The average molecular weight is 312 g/mol. The van der Waals surface area contributed by atoms with E-state index in [1.165, 1.54) is 30.9 Å². The SMILES string of the molecule is COc1cc(C)c(NS(=O)(=O)C(F)(F)F)cc1N(C)C. The van der Waals surface area contributed by atoms with Crippen molar-refractivity contribution in [3.8, 4) is 5.75 Å². The maximum Gasteiger partial charge on any atom is 0.516 e. The molecular formula is C11H15F3N2O3S. The van der Waals surface area contributed by atoms with Crippen molar-refractivity contribution >= 4 is 21.4 Å². The topological polar surface area (TPSA) is 58.6 Å². The van der Waals surface area contributed by atoms with Crippen molar-refractivity contribution in [2.24, 2.45) is 0 Å². The summed E-state index contributed by atoms with van der Waals surface area (Å²) >= 11 is 0. The summed E-state index contributed by atoms with van der Waals surface area (Å²) in [5.74, 6) is 0.433. The molecule has 0 bridgehead atoms. The zero-order valence-electron chi connectivity index (χ0n) is 11.4. The van der Waals surface area contributed by atoms with Gasteiger partial charge in [0, 0.05) is 14.1 Å². The third-order valence-electron chi connectivity index (χ3n) is 2.56. The van der Waals surface area contributed by atoms with Crippen LogP contribution in [0.15, 0.2) is 12.1 Å². The molecule has 5 nitrogen and oxygen atoms in total. The number of methoxy groups -OCH3 is 1. The normalized spacial score (nSPS) is 12.2. The number of nitrogens with one attached hydrogen (secondary N) is 1. The monoisotopic (exact) mass is 312 g/mol. The first-order valence-corrected chi connectivity index (χ1v) is 6.93. The summed E-state index contributed by atoms with van der Waals surface area (Å²) in [6.45, 7) is 1.48. The number of rotatable bonds is 4. The predicted octanol–water partition coefficient (Wildman–Crippen LogP) is 2.33. The molecule has 1 aromatic rings. The van der Waals surface area contributed by atoms with E-state index < -0.39 is 15.5 Å². The molecule has 114 valence electrons. The first-order chi connectivity index (χ1) is 8.99. The Morgan fingerprint density at radius 1 is 1.25 bits per heavy atom. The molecule has 0 unspecified atom stereocenters. The average Bonchev–Trinajstić information content (AvgIpc) is 2.29. The van der Waals surface area contributed by atoms with Crippen molar-refractivity contribution in [3.05, 3.63) is 17.7 Å². The predicted molar refractivity (Wildman–Crippen MR) is 70.7 cm³/mol. The van der Waals surface area contributed by atoms with E-state index >= 15 is 0 Å². The Morgan fingerprint density at radius 3 is 2.20 bits per heavy atom. The van der Waals surface area contributed by atoms with Crippen LogP contribution in [0.2, 0.25) is 0 Å². The van der Waals surface area contributed by atoms with E-state index in [0.717, 1.165) is 0 Å². The Morgan fingerprint density at radius 2 is 1.80 bits per heavy atom. The van der Waals surface area contributed by atoms with Gasteiger partial charge in [0.1, 0.15) is 5.75 Å². The van der Waals surface area contributed by atoms with Crippen LogP contribution in [-0.2, 0) is 10.0 Å². The van der Waals surface area contributed by atoms with Crippen LogP contribution in [0.3, 0.4) is 0 Å². The van der Waals surface area contributed by atoms with Gasteiger partial charge in [-0.15, -0.1) is 0 Å². The Kier molecular flexibility index (Phi) is 4.42. The van der Waals surface area contributed by atoms with Gasteiger partial charge < -0.3 is 9.64 Å². The van der Waals surface area contributed by atoms with Crippen LogP contribution >= 0.6 is 0 Å². The minimum absolute atomic E-state index is 0.146. The number of alkyl halides is 3. The summed E-state index contributed by atoms with van der Waals surface area (Å²) in [5.41, 5.74) is -4.73. The standard InChI is InChI=1S/C11H15F3N2O3S/c1-7-5-10(19-4)9(16(2)3)6-8(7)15-20(17,18)11(12,13)14/h5-6,15H,1-4H3. The highest BCUT2D eigenvalue weighted by atomic mass is 32.2. The first-order valence-electron chi connectivity index (χ1n) is 5.44. The summed E-state index contributed by atoms with van der Waals surface area (Å²) in [6.07, 6.45) is 0. The number of aryl methyl sites for hydroxylation is 1. The molecule has 9 heteroatoms. The van der Waals surface area contributed by atoms with Crippen LogP contribution in [0.4, 0.5) is 24.5 Å². The number of ether oxygens (including phenoxy) is 1. The molecule has 0 aliphatic heterocycles. The summed E-state index contributed by atoms with van der Waals surface area (Å²) in [5, 5.41) is 0. The largest absolute Gasteiger partial charge is 0.516 e. The van der Waals surface area contributed by atoms with Crippen LogP contribution < -0.4 is 14.4 Å². The minimum Gasteiger partial charge on any atom is -0.495 e. The molecule has 0 radical (unpaired) electrons. The van der Waals surface area contributed by atoms with Crippen molar-refractivity contribution in [1.82, 2.24) is 0 Å². The van der Waals surface area contributed by atoms with Gasteiger partial charge in [0.15, 0.2) is 0 Å². The van der Waals surface area contributed by atoms with Crippen molar-refractivity contribution in [2.45, 2.75) is 12.4 Å². The van der Waals surface area contributed by atoms with Gasteiger partial charge in [0.05, 0.1) is 18.5 Å². The van der Waals surface area contributed by atoms with Crippen molar-refractivity contribution in [2.75, 3.05) is 30.8 Å². The molecule has 0 heterocycles. The van der Waals surface area contributed by atoms with E-state index in [-0.39, 0.29) is 5.69 Å². The van der Waals surface area contributed by atoms with Gasteiger partial charge in [-0.25, -0.2) is 0 Å². The number of hydrogen-bond acceptors (Lipinski definition) is 4. The Hall–Kier alpha value is -1.64. The second kappa shape index (κ2) is 5.39. The van der Waals surface area contributed by atoms with Gasteiger partial charge in [-0.3, -0.25) is 4.72 Å². The molecule has 0 aliphatic carbocycles. The minimum atomic E-state index is -5.44. The summed E-state index contributed by atoms with van der Waals surface area (Å²) in [4.78, 5) is 1.60. The van der Waals surface area contributed by atoms with E-state index in [2.05, 4.69) is 0 Å². The van der Waals surface area contributed by atoms with E-state index in [1.807, 2.05) is 0 Å². The van der Waals surface area contributed by atoms with Crippen LogP contribution in [0.5, 0.6) is 5.75 Å². The van der Waals surface area contributed by atoms with E-state index in [0.29, 0.717) is 17.0 Å². The Bertz CT molecular complexity index is 598. The van der Waals surface area contributed by atoms with Crippen molar-refractivity contribution in [1.29, 1.82) is 0 Å². The fourth-order valence-electron chi connectivity index (χ4n) is 1.50. The number of benzene rings is 1. The second-order valence-electron chi connectivity index (χ2n) is 4.28. The third kappa shape index (κ3) is 3.27. The number of halogens is 3. The summed E-state index contributed by atoms with van der Waals surface area (Å²) < 4.78 is 66.0. The highest BCUT2D eigenvalue weighted by molar-refractivity contribution is 7.93. The van der Waals surface area contributed by atoms with Crippen LogP contribution in [0, 0.1) is 6.92 Å². The first kappa shape index (κ1) is 16.4. The second-order valence-corrected chi connectivity index (χ2v) is 5.96. The maximum absolute atomic E-state index is 12.4. The molecule has 0 amide bonds. The molecule has 1 rings (SSSR count). The third-order valence-corrected chi connectivity index (χ3v) is 3.65. The Labute approximate surface area is 115 Å². The van der Waals surface area contributed by atoms with Crippen LogP contribution in [0.1, 0.15) is 5.56 Å². The molecule has 0 fully saturated rings. The molecule has 0 aromatic heterocycles. The lowest BCUT2D eigenvalue weighted by atomic mass is 10.1. The lowest BCUT2D eigenvalue weighted by Gasteiger charge is -2.20. The van der Waals surface area contributed by atoms with Crippen LogP contribution in [0.25, 0.3) is 0 Å². The molecule has 20 heavy (non-hydrogen) atoms. The zero-order valence-corrected chi connectivity index (χ0v) is 12.2. The summed E-state index contributed by atoms with van der Waals surface area (Å²) in [7, 11) is -0.703. The molecule has 0 atom stereocenters. The highest BCUT2D eigenvalue weighted by Crippen LogP contribution is 2.35. The fourth-order valence-corrected chi connectivity index (χ4v) is 2.12. The molecule has 0 aliphatic rings. The molecule has 1 N–H and O–H groups in total. The van der Waals surface area contributed by atoms with Crippen molar-refractivity contribution in [3.63, 3.8) is 0 Å². The molecular weight excluding hydrogens is 297 g/mol. The lowest BCUT2D eigenvalue weighted by molar-refractivity contribution is -0.0429. The molecule has 0 saturated carbocycles. The van der Waals surface area contributed by atoms with Gasteiger partial charge in [0.2, 0.25) is 0 Å². The van der Waals surface area contributed by atoms with Gasteiger partial charge in [0.25, 0.3) is 0 Å². The molecule has 1 aromatic carbocycles. The molecule has 0 saturated heterocycles.